The molecule has 0 bridgehead atoms. The largest absolute Gasteiger partial charge is 0.325 e. The van der Waals surface area contributed by atoms with Gasteiger partial charge in [0.05, 0.1) is 5.69 Å². The summed E-state index contributed by atoms with van der Waals surface area (Å²) in [4.78, 5) is 8.10. The topological polar surface area (TPSA) is 46.6 Å². The van der Waals surface area contributed by atoms with Crippen LogP contribution in [0, 0.1) is 0 Å². The normalized spacial score (nSPS) is 11.8. The minimum absolute atomic E-state index is 0.547. The Morgan fingerprint density at radius 2 is 2.22 bits per heavy atom. The average molecular weight is 284 g/mol. The molecule has 0 atom stereocenters. The summed E-state index contributed by atoms with van der Waals surface area (Å²) < 4.78 is 2.10. The molecule has 0 spiro atoms. The van der Waals surface area contributed by atoms with Crippen molar-refractivity contribution in [1.29, 1.82) is 0 Å². The molecule has 0 saturated heterocycles. The Kier molecular flexibility index (Phi) is 5.05. The lowest BCUT2D eigenvalue weighted by molar-refractivity contribution is 0.324. The third kappa shape index (κ3) is 2.88. The Hall–Kier alpha value is -0.560. The predicted octanol–water partition coefficient (Wildman–Crippen LogP) is 2.29. The van der Waals surface area contributed by atoms with Crippen LogP contribution < -0.4 is 5.73 Å². The molecule has 2 aromatic rings. The van der Waals surface area contributed by atoms with Gasteiger partial charge in [-0.25, -0.2) is 4.98 Å². The number of nitrogens with zero attached hydrogens (tertiary/aromatic N) is 3. The van der Waals surface area contributed by atoms with E-state index in [1.807, 2.05) is 23.3 Å². The second-order valence-corrected chi connectivity index (χ2v) is 5.96. The van der Waals surface area contributed by atoms with Gasteiger partial charge in [-0.1, -0.05) is 13.8 Å². The highest BCUT2D eigenvalue weighted by Crippen LogP contribution is 2.25. The molecule has 2 rings (SSSR count). The fourth-order valence-electron chi connectivity index (χ4n) is 1.93. The first-order valence-corrected chi connectivity index (χ1v) is 8.16. The standard InChI is InChI=1S/C12H20N4S2/c1-3-15(4-2)5-7-17-11-10(9-13)16-6-8-18-12(16)14-11/h6,8H,3-5,7,9,13H2,1-2H3. The fraction of sp³-hybridized carbons (Fsp3) is 0.583. The minimum atomic E-state index is 0.547. The highest BCUT2D eigenvalue weighted by molar-refractivity contribution is 7.99. The number of thioether (sulfide) groups is 1. The lowest BCUT2D eigenvalue weighted by Gasteiger charge is -2.16. The van der Waals surface area contributed by atoms with Gasteiger partial charge in [-0.05, 0) is 13.1 Å². The average Bonchev–Trinajstić information content (AvgIpc) is 2.94. The zero-order valence-electron chi connectivity index (χ0n) is 10.9. The van der Waals surface area contributed by atoms with Gasteiger partial charge in [0.15, 0.2) is 4.96 Å². The number of nitrogens with two attached hydrogens (primary N) is 1. The molecule has 0 aliphatic carbocycles. The molecule has 0 fully saturated rings. The smallest absolute Gasteiger partial charge is 0.194 e. The van der Waals surface area contributed by atoms with E-state index in [0.717, 1.165) is 41.1 Å². The number of fused-ring (bicyclic) bond motifs is 1. The Balaban J connectivity index is 2.00. The quantitative estimate of drug-likeness (QED) is 0.793. The zero-order valence-corrected chi connectivity index (χ0v) is 12.6. The molecule has 0 aliphatic rings. The first-order chi connectivity index (χ1) is 8.80. The van der Waals surface area contributed by atoms with Crippen molar-refractivity contribution < 1.29 is 0 Å². The molecule has 0 radical (unpaired) electrons. The van der Waals surface area contributed by atoms with Crippen molar-refractivity contribution in [3.8, 4) is 0 Å². The number of rotatable bonds is 7. The van der Waals surface area contributed by atoms with E-state index in [0.29, 0.717) is 6.54 Å². The first kappa shape index (κ1) is 13.9. The molecule has 0 aromatic carbocycles. The molecule has 100 valence electrons. The van der Waals surface area contributed by atoms with Gasteiger partial charge in [0.25, 0.3) is 0 Å². The van der Waals surface area contributed by atoms with Gasteiger partial charge in [-0.3, -0.25) is 4.40 Å². The van der Waals surface area contributed by atoms with Crippen molar-refractivity contribution in [3.63, 3.8) is 0 Å². The van der Waals surface area contributed by atoms with Gasteiger partial charge >= 0.3 is 0 Å². The molecule has 4 nitrogen and oxygen atoms in total. The molecule has 0 unspecified atom stereocenters. The molecule has 2 N–H and O–H groups in total. The Morgan fingerprint density at radius 3 is 2.89 bits per heavy atom. The van der Waals surface area contributed by atoms with Crippen LogP contribution in [0.1, 0.15) is 19.5 Å². The van der Waals surface area contributed by atoms with Crippen molar-refractivity contribution in [3.05, 3.63) is 17.3 Å². The van der Waals surface area contributed by atoms with Crippen LogP contribution in [0.15, 0.2) is 16.6 Å². The summed E-state index contributed by atoms with van der Waals surface area (Å²) in [5.41, 5.74) is 6.96. The maximum Gasteiger partial charge on any atom is 0.194 e. The summed E-state index contributed by atoms with van der Waals surface area (Å²) in [7, 11) is 0. The van der Waals surface area contributed by atoms with Crippen molar-refractivity contribution in [2.45, 2.75) is 25.4 Å². The van der Waals surface area contributed by atoms with Crippen LogP contribution >= 0.6 is 23.1 Å². The maximum absolute atomic E-state index is 5.82. The number of thiazole rings is 1. The second-order valence-electron chi connectivity index (χ2n) is 4.00. The van der Waals surface area contributed by atoms with Crippen molar-refractivity contribution in [2.75, 3.05) is 25.4 Å². The van der Waals surface area contributed by atoms with Gasteiger partial charge < -0.3 is 10.6 Å². The fourth-order valence-corrected chi connectivity index (χ4v) is 3.76. The summed E-state index contributed by atoms with van der Waals surface area (Å²) >= 11 is 3.47. The molecular weight excluding hydrogens is 264 g/mol. The van der Waals surface area contributed by atoms with Gasteiger partial charge in [0.2, 0.25) is 0 Å². The monoisotopic (exact) mass is 284 g/mol. The van der Waals surface area contributed by atoms with Crippen molar-refractivity contribution in [1.82, 2.24) is 14.3 Å². The Bertz CT molecular complexity index is 487. The SMILES string of the molecule is CCN(CC)CCSc1nc2sccn2c1CN. The summed E-state index contributed by atoms with van der Waals surface area (Å²) in [5, 5.41) is 3.14. The van der Waals surface area contributed by atoms with E-state index < -0.39 is 0 Å². The highest BCUT2D eigenvalue weighted by Gasteiger charge is 2.12. The van der Waals surface area contributed by atoms with Gasteiger partial charge in [0.1, 0.15) is 5.03 Å². The minimum Gasteiger partial charge on any atom is -0.325 e. The summed E-state index contributed by atoms with van der Waals surface area (Å²) in [5.74, 6) is 1.07. The molecule has 0 saturated carbocycles. The third-order valence-electron chi connectivity index (χ3n) is 3.06. The number of hydrogen-bond acceptors (Lipinski definition) is 5. The van der Waals surface area contributed by atoms with E-state index in [4.69, 9.17) is 5.73 Å². The van der Waals surface area contributed by atoms with E-state index in [-0.39, 0.29) is 0 Å². The van der Waals surface area contributed by atoms with Crippen LogP contribution in [-0.4, -0.2) is 39.7 Å². The molecule has 0 amide bonds. The number of imidazole rings is 1. The molecule has 6 heteroatoms. The summed E-state index contributed by atoms with van der Waals surface area (Å²) in [6.45, 7) is 8.27. The van der Waals surface area contributed by atoms with Crippen LogP contribution in [-0.2, 0) is 6.54 Å². The van der Waals surface area contributed by atoms with Gasteiger partial charge in [-0.2, -0.15) is 0 Å². The summed E-state index contributed by atoms with van der Waals surface area (Å²) in [6, 6.07) is 0. The van der Waals surface area contributed by atoms with Crippen molar-refractivity contribution in [2.24, 2.45) is 5.73 Å². The number of aromatic nitrogens is 2. The number of hydrogen-bond donors (Lipinski definition) is 1. The van der Waals surface area contributed by atoms with Gasteiger partial charge in [0, 0.05) is 30.4 Å². The Labute approximate surface area is 116 Å². The molecule has 18 heavy (non-hydrogen) atoms. The van der Waals surface area contributed by atoms with E-state index in [1.54, 1.807) is 11.3 Å². The molecular formula is C12H20N4S2. The van der Waals surface area contributed by atoms with Crippen molar-refractivity contribution >= 4 is 28.1 Å². The van der Waals surface area contributed by atoms with E-state index in [1.165, 1.54) is 0 Å². The molecule has 2 heterocycles. The van der Waals surface area contributed by atoms with E-state index in [9.17, 15) is 0 Å². The lowest BCUT2D eigenvalue weighted by atomic mass is 10.5. The molecule has 0 aliphatic heterocycles. The summed E-state index contributed by atoms with van der Waals surface area (Å²) in [6.07, 6.45) is 2.05. The highest BCUT2D eigenvalue weighted by atomic mass is 32.2. The van der Waals surface area contributed by atoms with E-state index in [2.05, 4.69) is 28.1 Å². The zero-order chi connectivity index (χ0) is 13.0. The van der Waals surface area contributed by atoms with Crippen LogP contribution in [0.4, 0.5) is 0 Å². The van der Waals surface area contributed by atoms with Gasteiger partial charge in [-0.15, -0.1) is 23.1 Å². The maximum atomic E-state index is 5.82. The predicted molar refractivity (Wildman–Crippen MR) is 79.5 cm³/mol. The molecule has 2 aromatic heterocycles. The Morgan fingerprint density at radius 1 is 1.44 bits per heavy atom. The second kappa shape index (κ2) is 6.56. The lowest BCUT2D eigenvalue weighted by Crippen LogP contribution is -2.25. The third-order valence-corrected chi connectivity index (χ3v) is 4.80. The van der Waals surface area contributed by atoms with Crippen LogP contribution in [0.5, 0.6) is 0 Å². The van der Waals surface area contributed by atoms with E-state index >= 15 is 0 Å². The van der Waals surface area contributed by atoms with Crippen LogP contribution in [0.3, 0.4) is 0 Å². The first-order valence-electron chi connectivity index (χ1n) is 6.29. The van der Waals surface area contributed by atoms with Crippen LogP contribution in [0.25, 0.3) is 4.96 Å². The van der Waals surface area contributed by atoms with Crippen LogP contribution in [0.2, 0.25) is 0 Å².